The van der Waals surface area contributed by atoms with Gasteiger partial charge in [-0.3, -0.25) is 4.79 Å². The molecule has 29 heavy (non-hydrogen) atoms. The first kappa shape index (κ1) is 19.3. The van der Waals surface area contributed by atoms with Crippen molar-refractivity contribution < 1.29 is 27.1 Å². The number of halogens is 4. The molecule has 2 aliphatic rings. The zero-order valence-corrected chi connectivity index (χ0v) is 15.1. The highest BCUT2D eigenvalue weighted by molar-refractivity contribution is 5.84. The van der Waals surface area contributed by atoms with Crippen molar-refractivity contribution in [1.82, 2.24) is 15.3 Å². The molecule has 2 heterocycles. The smallest absolute Gasteiger partial charge is 0.405 e. The number of hydrogen-bond acceptors (Lipinski definition) is 4. The van der Waals surface area contributed by atoms with E-state index in [4.69, 9.17) is 0 Å². The molecule has 9 heteroatoms. The number of amides is 1. The second kappa shape index (κ2) is 7.40. The summed E-state index contributed by atoms with van der Waals surface area (Å²) >= 11 is 0. The Kier molecular flexibility index (Phi) is 4.91. The first-order valence-corrected chi connectivity index (χ1v) is 8.92. The lowest BCUT2D eigenvalue weighted by Crippen LogP contribution is -2.47. The average Bonchev–Trinajstić information content (AvgIpc) is 3.10. The van der Waals surface area contributed by atoms with Crippen molar-refractivity contribution in [3.63, 3.8) is 0 Å². The van der Waals surface area contributed by atoms with E-state index >= 15 is 0 Å². The summed E-state index contributed by atoms with van der Waals surface area (Å²) in [6.45, 7) is -0.0485. The van der Waals surface area contributed by atoms with E-state index in [0.717, 1.165) is 5.56 Å². The van der Waals surface area contributed by atoms with E-state index in [1.807, 2.05) is 0 Å². The molecule has 0 bridgehead atoms. The number of benzene rings is 2. The number of hydrogen-bond donors (Lipinski definition) is 1. The first-order chi connectivity index (χ1) is 13.8. The van der Waals surface area contributed by atoms with Gasteiger partial charge in [0.2, 0.25) is 0 Å². The van der Waals surface area contributed by atoms with Gasteiger partial charge in [0.05, 0.1) is 12.6 Å². The summed E-state index contributed by atoms with van der Waals surface area (Å²) in [5.41, 5.74) is 4.28. The number of nitrogens with one attached hydrogen (secondary N) is 1. The van der Waals surface area contributed by atoms with Gasteiger partial charge in [-0.25, -0.2) is 9.82 Å². The molecule has 1 saturated heterocycles. The maximum atomic E-state index is 13.1. The van der Waals surface area contributed by atoms with Crippen molar-refractivity contribution in [2.45, 2.75) is 31.4 Å². The van der Waals surface area contributed by atoms with Crippen LogP contribution in [0.15, 0.2) is 60.9 Å². The SMILES string of the molecule is O=C1C2CC(c3ccc(F)cc3)NN2C=CN1Cc1ccccc1OC(F)(F)F. The summed E-state index contributed by atoms with van der Waals surface area (Å²) in [6, 6.07) is 11.1. The Bertz CT molecular complexity index is 930. The quantitative estimate of drug-likeness (QED) is 0.782. The monoisotopic (exact) mass is 407 g/mol. The molecule has 2 aromatic rings. The molecule has 0 radical (unpaired) electrons. The zero-order valence-electron chi connectivity index (χ0n) is 15.1. The van der Waals surface area contributed by atoms with Crippen LogP contribution in [-0.2, 0) is 11.3 Å². The molecule has 1 N–H and O–H groups in total. The fourth-order valence-corrected chi connectivity index (χ4v) is 3.52. The van der Waals surface area contributed by atoms with Gasteiger partial charge in [-0.05, 0) is 30.2 Å². The minimum absolute atomic E-state index is 0.0485. The van der Waals surface area contributed by atoms with Crippen molar-refractivity contribution >= 4 is 5.91 Å². The van der Waals surface area contributed by atoms with Gasteiger partial charge in [0, 0.05) is 18.0 Å². The maximum absolute atomic E-state index is 13.1. The molecule has 0 spiro atoms. The van der Waals surface area contributed by atoms with Crippen molar-refractivity contribution in [1.29, 1.82) is 0 Å². The highest BCUT2D eigenvalue weighted by Crippen LogP contribution is 2.33. The highest BCUT2D eigenvalue weighted by atomic mass is 19.4. The molecule has 1 amide bonds. The van der Waals surface area contributed by atoms with Gasteiger partial charge in [-0.1, -0.05) is 30.3 Å². The fourth-order valence-electron chi connectivity index (χ4n) is 3.52. The maximum Gasteiger partial charge on any atom is 0.573 e. The number of para-hydroxylation sites is 1. The largest absolute Gasteiger partial charge is 0.573 e. The van der Waals surface area contributed by atoms with Gasteiger partial charge < -0.3 is 14.6 Å². The molecule has 5 nitrogen and oxygen atoms in total. The Morgan fingerprint density at radius 2 is 1.79 bits per heavy atom. The lowest BCUT2D eigenvalue weighted by molar-refractivity contribution is -0.274. The average molecular weight is 407 g/mol. The van der Waals surface area contributed by atoms with Gasteiger partial charge in [-0.15, -0.1) is 13.2 Å². The Morgan fingerprint density at radius 1 is 1.07 bits per heavy atom. The Hall–Kier alpha value is -3.07. The third-order valence-corrected chi connectivity index (χ3v) is 4.89. The Balaban J connectivity index is 1.49. The van der Waals surface area contributed by atoms with Crippen LogP contribution in [0, 0.1) is 5.82 Å². The van der Waals surface area contributed by atoms with Crippen LogP contribution in [0.25, 0.3) is 0 Å². The van der Waals surface area contributed by atoms with E-state index < -0.39 is 12.4 Å². The van der Waals surface area contributed by atoms with E-state index in [-0.39, 0.29) is 35.6 Å². The minimum atomic E-state index is -4.81. The van der Waals surface area contributed by atoms with E-state index in [0.29, 0.717) is 6.42 Å². The van der Waals surface area contributed by atoms with Crippen LogP contribution in [0.1, 0.15) is 23.6 Å². The molecule has 152 valence electrons. The minimum Gasteiger partial charge on any atom is -0.405 e. The number of carbonyl (C=O) groups is 1. The second-order valence-electron chi connectivity index (χ2n) is 6.81. The summed E-state index contributed by atoms with van der Waals surface area (Å²) in [7, 11) is 0. The van der Waals surface area contributed by atoms with Crippen LogP contribution >= 0.6 is 0 Å². The van der Waals surface area contributed by atoms with E-state index in [2.05, 4.69) is 10.2 Å². The summed E-state index contributed by atoms with van der Waals surface area (Å²) < 4.78 is 55.1. The number of fused-ring (bicyclic) bond motifs is 1. The normalized spacial score (nSPS) is 21.4. The zero-order chi connectivity index (χ0) is 20.6. The fraction of sp³-hybridized carbons (Fsp3) is 0.250. The number of alkyl halides is 3. The van der Waals surface area contributed by atoms with E-state index in [1.54, 1.807) is 29.4 Å². The molecule has 0 aromatic heterocycles. The number of nitrogens with zero attached hydrogens (tertiary/aromatic N) is 2. The second-order valence-corrected chi connectivity index (χ2v) is 6.81. The van der Waals surface area contributed by atoms with Crippen molar-refractivity contribution in [2.24, 2.45) is 0 Å². The molecule has 2 unspecified atom stereocenters. The summed E-state index contributed by atoms with van der Waals surface area (Å²) in [4.78, 5) is 14.3. The molecule has 2 atom stereocenters. The molecule has 4 rings (SSSR count). The Labute approximate surface area is 164 Å². The molecular weight excluding hydrogens is 390 g/mol. The van der Waals surface area contributed by atoms with Crippen LogP contribution in [-0.4, -0.2) is 28.2 Å². The molecule has 1 fully saturated rings. The standard InChI is InChI=1S/C20H17F4N3O2/c21-15-7-5-13(6-8-15)16-11-17-19(28)26(9-10-27(17)25-16)12-14-3-1-2-4-18(14)29-20(22,23)24/h1-10,16-17,25H,11-12H2. The van der Waals surface area contributed by atoms with Gasteiger partial charge in [0.15, 0.2) is 0 Å². The summed E-state index contributed by atoms with van der Waals surface area (Å²) in [5.74, 6) is -0.921. The molecular formula is C20H17F4N3O2. The van der Waals surface area contributed by atoms with E-state index in [9.17, 15) is 22.4 Å². The van der Waals surface area contributed by atoms with Crippen LogP contribution < -0.4 is 10.2 Å². The van der Waals surface area contributed by atoms with Crippen molar-refractivity contribution in [2.75, 3.05) is 0 Å². The number of hydrazine groups is 1. The molecule has 0 aliphatic carbocycles. The van der Waals surface area contributed by atoms with Gasteiger partial charge in [0.25, 0.3) is 5.91 Å². The van der Waals surface area contributed by atoms with Crippen LogP contribution in [0.4, 0.5) is 17.6 Å². The third kappa shape index (κ3) is 4.19. The first-order valence-electron chi connectivity index (χ1n) is 8.92. The van der Waals surface area contributed by atoms with Gasteiger partial charge in [-0.2, -0.15) is 0 Å². The highest BCUT2D eigenvalue weighted by Gasteiger charge is 2.40. The topological polar surface area (TPSA) is 44.8 Å². The third-order valence-electron chi connectivity index (χ3n) is 4.89. The lowest BCUT2D eigenvalue weighted by Gasteiger charge is -2.32. The molecule has 2 aromatic carbocycles. The van der Waals surface area contributed by atoms with Crippen molar-refractivity contribution in [3.05, 3.63) is 77.9 Å². The Morgan fingerprint density at radius 3 is 2.52 bits per heavy atom. The van der Waals surface area contributed by atoms with Crippen LogP contribution in [0.5, 0.6) is 5.75 Å². The molecule has 2 aliphatic heterocycles. The lowest BCUT2D eigenvalue weighted by atomic mass is 10.0. The van der Waals surface area contributed by atoms with E-state index in [1.165, 1.54) is 41.4 Å². The van der Waals surface area contributed by atoms with Crippen LogP contribution in [0.3, 0.4) is 0 Å². The number of carbonyl (C=O) groups excluding carboxylic acids is 1. The van der Waals surface area contributed by atoms with Crippen molar-refractivity contribution in [3.8, 4) is 5.75 Å². The number of rotatable bonds is 4. The van der Waals surface area contributed by atoms with Crippen LogP contribution in [0.2, 0.25) is 0 Å². The van der Waals surface area contributed by atoms with Gasteiger partial charge >= 0.3 is 6.36 Å². The van der Waals surface area contributed by atoms with Gasteiger partial charge in [0.1, 0.15) is 17.6 Å². The number of ether oxygens (including phenoxy) is 1. The predicted octanol–water partition coefficient (Wildman–Crippen LogP) is 3.86. The molecule has 0 saturated carbocycles. The summed E-state index contributed by atoms with van der Waals surface area (Å²) in [5, 5.41) is 1.67. The predicted molar refractivity (Wildman–Crippen MR) is 95.3 cm³/mol. The summed E-state index contributed by atoms with van der Waals surface area (Å²) in [6.07, 6.45) is -1.18.